The van der Waals surface area contributed by atoms with Crippen molar-refractivity contribution in [3.05, 3.63) is 99.0 Å². The molecule has 0 unspecified atom stereocenters. The Morgan fingerprint density at radius 3 is 2.43 bits per heavy atom. The van der Waals surface area contributed by atoms with Crippen molar-refractivity contribution in [2.45, 2.75) is 34.2 Å². The van der Waals surface area contributed by atoms with E-state index in [2.05, 4.69) is 18.2 Å². The Hall–Kier alpha value is -3.14. The minimum atomic E-state index is -0.115. The van der Waals surface area contributed by atoms with E-state index in [4.69, 9.17) is 0 Å². The molecule has 0 saturated carbocycles. The summed E-state index contributed by atoms with van der Waals surface area (Å²) in [5, 5.41) is 0. The van der Waals surface area contributed by atoms with E-state index in [1.54, 1.807) is 21.7 Å². The largest absolute Gasteiger partial charge is 0.310 e. The van der Waals surface area contributed by atoms with E-state index in [1.807, 2.05) is 52.0 Å². The summed E-state index contributed by atoms with van der Waals surface area (Å²) in [6.07, 6.45) is 1.67. The molecule has 4 nitrogen and oxygen atoms in total. The van der Waals surface area contributed by atoms with Crippen molar-refractivity contribution < 1.29 is 4.79 Å². The first kappa shape index (κ1) is 19.6. The fourth-order valence-corrected chi connectivity index (χ4v) is 3.33. The van der Waals surface area contributed by atoms with Gasteiger partial charge in [-0.1, -0.05) is 35.9 Å². The minimum absolute atomic E-state index is 0.109. The predicted molar refractivity (Wildman–Crippen MR) is 114 cm³/mol. The van der Waals surface area contributed by atoms with E-state index >= 15 is 0 Å². The number of benzene rings is 2. The quantitative estimate of drug-likeness (QED) is 0.660. The average molecular weight is 374 g/mol. The fraction of sp³-hybridized carbons (Fsp3) is 0.250. The van der Waals surface area contributed by atoms with Gasteiger partial charge < -0.3 is 9.47 Å². The number of carbonyl (C=O) groups excluding carboxylic acids is 1. The summed E-state index contributed by atoms with van der Waals surface area (Å²) in [5.74, 6) is -0.109. The van der Waals surface area contributed by atoms with Crippen molar-refractivity contribution in [1.29, 1.82) is 0 Å². The monoisotopic (exact) mass is 374 g/mol. The van der Waals surface area contributed by atoms with Crippen LogP contribution in [0.5, 0.6) is 0 Å². The van der Waals surface area contributed by atoms with Crippen LogP contribution < -0.4 is 10.5 Å². The van der Waals surface area contributed by atoms with Crippen LogP contribution in [-0.2, 0) is 6.54 Å². The predicted octanol–water partition coefficient (Wildman–Crippen LogP) is 4.49. The van der Waals surface area contributed by atoms with Gasteiger partial charge in [0, 0.05) is 24.5 Å². The van der Waals surface area contributed by atoms with Gasteiger partial charge in [-0.25, -0.2) is 0 Å². The zero-order valence-electron chi connectivity index (χ0n) is 16.9. The highest BCUT2D eigenvalue weighted by atomic mass is 16.2. The van der Waals surface area contributed by atoms with E-state index in [9.17, 15) is 9.59 Å². The third-order valence-electron chi connectivity index (χ3n) is 4.95. The van der Waals surface area contributed by atoms with Crippen LogP contribution in [-0.4, -0.2) is 17.0 Å². The summed E-state index contributed by atoms with van der Waals surface area (Å²) >= 11 is 0. The normalized spacial score (nSPS) is 10.7. The van der Waals surface area contributed by atoms with Gasteiger partial charge >= 0.3 is 0 Å². The van der Waals surface area contributed by atoms with Crippen LogP contribution in [0.3, 0.4) is 0 Å². The maximum absolute atomic E-state index is 13.1. The SMILES string of the molecule is CCN(C(=O)c1ccc(=O)n(Cc2cc(C)ccc2C)c1)c1cccc(C)c1. The Balaban J connectivity index is 1.94. The number of pyridine rings is 1. The molecule has 0 N–H and O–H groups in total. The number of hydrogen-bond donors (Lipinski definition) is 0. The summed E-state index contributed by atoms with van der Waals surface area (Å²) < 4.78 is 1.61. The molecule has 1 heterocycles. The summed E-state index contributed by atoms with van der Waals surface area (Å²) in [6.45, 7) is 9.03. The van der Waals surface area contributed by atoms with Crippen LogP contribution in [0.25, 0.3) is 0 Å². The van der Waals surface area contributed by atoms with Gasteiger partial charge in [0.15, 0.2) is 0 Å². The molecule has 28 heavy (non-hydrogen) atoms. The van der Waals surface area contributed by atoms with E-state index in [1.165, 1.54) is 6.07 Å². The van der Waals surface area contributed by atoms with Crippen molar-refractivity contribution in [2.24, 2.45) is 0 Å². The molecule has 3 rings (SSSR count). The molecule has 0 aliphatic carbocycles. The van der Waals surface area contributed by atoms with Crippen LogP contribution in [0.2, 0.25) is 0 Å². The molecule has 0 spiro atoms. The van der Waals surface area contributed by atoms with Gasteiger partial charge in [0.25, 0.3) is 11.5 Å². The number of hydrogen-bond acceptors (Lipinski definition) is 2. The molecule has 0 fully saturated rings. The second-order valence-electron chi connectivity index (χ2n) is 7.20. The second kappa shape index (κ2) is 8.26. The molecular weight excluding hydrogens is 348 g/mol. The lowest BCUT2D eigenvalue weighted by molar-refractivity contribution is 0.0987. The summed E-state index contributed by atoms with van der Waals surface area (Å²) in [5.41, 5.74) is 5.71. The minimum Gasteiger partial charge on any atom is -0.310 e. The molecule has 144 valence electrons. The van der Waals surface area contributed by atoms with Crippen molar-refractivity contribution >= 4 is 11.6 Å². The number of anilines is 1. The van der Waals surface area contributed by atoms with E-state index in [0.29, 0.717) is 18.7 Å². The van der Waals surface area contributed by atoms with Crippen LogP contribution in [0.4, 0.5) is 5.69 Å². The van der Waals surface area contributed by atoms with E-state index < -0.39 is 0 Å². The Labute approximate surface area is 166 Å². The first-order valence-electron chi connectivity index (χ1n) is 9.54. The topological polar surface area (TPSA) is 42.3 Å². The third-order valence-corrected chi connectivity index (χ3v) is 4.95. The number of rotatable bonds is 5. The van der Waals surface area contributed by atoms with Gasteiger partial charge in [0.2, 0.25) is 0 Å². The smallest absolute Gasteiger partial charge is 0.259 e. The van der Waals surface area contributed by atoms with Crippen LogP contribution in [0.15, 0.2) is 65.6 Å². The molecule has 3 aromatic rings. The summed E-state index contributed by atoms with van der Waals surface area (Å²) in [4.78, 5) is 27.3. The molecule has 0 saturated heterocycles. The molecule has 0 atom stereocenters. The van der Waals surface area contributed by atoms with Gasteiger partial charge in [0.1, 0.15) is 0 Å². The molecule has 4 heteroatoms. The molecule has 0 bridgehead atoms. The number of carbonyl (C=O) groups is 1. The first-order valence-corrected chi connectivity index (χ1v) is 9.54. The lowest BCUT2D eigenvalue weighted by atomic mass is 10.1. The molecule has 1 amide bonds. The molecule has 0 aliphatic heterocycles. The molecule has 0 radical (unpaired) electrons. The van der Waals surface area contributed by atoms with Gasteiger partial charge in [-0.2, -0.15) is 0 Å². The van der Waals surface area contributed by atoms with Crippen molar-refractivity contribution in [3.8, 4) is 0 Å². The number of amides is 1. The van der Waals surface area contributed by atoms with E-state index in [0.717, 1.165) is 27.9 Å². The maximum atomic E-state index is 13.1. The highest BCUT2D eigenvalue weighted by Crippen LogP contribution is 2.19. The molecule has 0 aliphatic rings. The van der Waals surface area contributed by atoms with Crippen LogP contribution in [0.1, 0.15) is 39.5 Å². The van der Waals surface area contributed by atoms with Crippen LogP contribution >= 0.6 is 0 Å². The third kappa shape index (κ3) is 4.22. The molecule has 2 aromatic carbocycles. The number of nitrogens with zero attached hydrogens (tertiary/aromatic N) is 2. The molecule has 1 aromatic heterocycles. The fourth-order valence-electron chi connectivity index (χ4n) is 3.33. The Morgan fingerprint density at radius 1 is 0.964 bits per heavy atom. The number of aromatic nitrogens is 1. The average Bonchev–Trinajstić information content (AvgIpc) is 2.67. The Kier molecular flexibility index (Phi) is 5.78. The second-order valence-corrected chi connectivity index (χ2v) is 7.20. The highest BCUT2D eigenvalue weighted by molar-refractivity contribution is 6.05. The zero-order valence-corrected chi connectivity index (χ0v) is 16.9. The summed E-state index contributed by atoms with van der Waals surface area (Å²) in [7, 11) is 0. The highest BCUT2D eigenvalue weighted by Gasteiger charge is 2.17. The summed E-state index contributed by atoms with van der Waals surface area (Å²) in [6, 6.07) is 17.2. The van der Waals surface area contributed by atoms with Crippen LogP contribution in [0, 0.1) is 20.8 Å². The van der Waals surface area contributed by atoms with Gasteiger partial charge in [-0.15, -0.1) is 0 Å². The van der Waals surface area contributed by atoms with E-state index in [-0.39, 0.29) is 11.5 Å². The van der Waals surface area contributed by atoms with Crippen molar-refractivity contribution in [3.63, 3.8) is 0 Å². The first-order chi connectivity index (χ1) is 13.4. The Bertz CT molecular complexity index is 1070. The van der Waals surface area contributed by atoms with Crippen molar-refractivity contribution in [1.82, 2.24) is 4.57 Å². The lowest BCUT2D eigenvalue weighted by Gasteiger charge is -2.22. The van der Waals surface area contributed by atoms with Crippen molar-refractivity contribution in [2.75, 3.05) is 11.4 Å². The van der Waals surface area contributed by atoms with Gasteiger partial charge in [0.05, 0.1) is 12.1 Å². The number of aryl methyl sites for hydroxylation is 3. The van der Waals surface area contributed by atoms with Gasteiger partial charge in [-0.05, 0) is 62.6 Å². The zero-order chi connectivity index (χ0) is 20.3. The standard InChI is InChI=1S/C24H26N2O2/c1-5-26(22-8-6-7-17(2)14-22)24(28)20-11-12-23(27)25(15-20)16-21-13-18(3)9-10-19(21)4/h6-15H,5,16H2,1-4H3. The Morgan fingerprint density at radius 2 is 1.71 bits per heavy atom. The molecular formula is C24H26N2O2. The van der Waals surface area contributed by atoms with Gasteiger partial charge in [-0.3, -0.25) is 9.59 Å². The maximum Gasteiger partial charge on any atom is 0.259 e. The lowest BCUT2D eigenvalue weighted by Crippen LogP contribution is -2.32.